The average Bonchev–Trinajstić information content (AvgIpc) is 2.58. The third-order valence-corrected chi connectivity index (χ3v) is 3.05. The fraction of sp³-hybridized carbons (Fsp3) is 0.0909. The van der Waals surface area contributed by atoms with Gasteiger partial charge in [0.05, 0.1) is 5.38 Å². The Balaban J connectivity index is 2.37. The number of carbonyl (C=O) groups is 2. The molecule has 1 aliphatic heterocycles. The summed E-state index contributed by atoms with van der Waals surface area (Å²) in [7, 11) is 0. The Labute approximate surface area is 102 Å². The fourth-order valence-corrected chi connectivity index (χ4v) is 2.12. The molecule has 2 rings (SSSR count). The summed E-state index contributed by atoms with van der Waals surface area (Å²) in [6.45, 7) is 0. The highest BCUT2D eigenvalue weighted by atomic mass is 35.5. The van der Waals surface area contributed by atoms with Crippen molar-refractivity contribution in [2.24, 2.45) is 0 Å². The molecule has 16 heavy (non-hydrogen) atoms. The van der Waals surface area contributed by atoms with Crippen molar-refractivity contribution in [3.05, 3.63) is 46.5 Å². The van der Waals surface area contributed by atoms with Gasteiger partial charge < -0.3 is 0 Å². The summed E-state index contributed by atoms with van der Waals surface area (Å²) >= 11 is 12.1. The minimum Gasteiger partial charge on any atom is -0.289 e. The van der Waals surface area contributed by atoms with Crippen molar-refractivity contribution < 1.29 is 9.59 Å². The van der Waals surface area contributed by atoms with Gasteiger partial charge in [-0.25, -0.2) is 0 Å². The van der Waals surface area contributed by atoms with Gasteiger partial charge in [-0.1, -0.05) is 29.8 Å². The van der Waals surface area contributed by atoms with Crippen LogP contribution in [0, 0.1) is 0 Å². The fourth-order valence-electron chi connectivity index (χ4n) is 1.46. The summed E-state index contributed by atoms with van der Waals surface area (Å²) in [5.41, 5.74) is 0.835. The molecule has 1 aromatic rings. The number of halogens is 2. The van der Waals surface area contributed by atoms with Gasteiger partial charge in [-0.2, -0.15) is 0 Å². The maximum atomic E-state index is 11.4. The zero-order chi connectivity index (χ0) is 11.7. The van der Waals surface area contributed by atoms with E-state index in [2.05, 4.69) is 5.32 Å². The van der Waals surface area contributed by atoms with Crippen LogP contribution in [0.3, 0.4) is 0 Å². The molecule has 0 fully saturated rings. The second kappa shape index (κ2) is 4.28. The first-order valence-electron chi connectivity index (χ1n) is 4.55. The van der Waals surface area contributed by atoms with E-state index in [9.17, 15) is 9.59 Å². The van der Waals surface area contributed by atoms with Gasteiger partial charge in [-0.15, -0.1) is 11.6 Å². The lowest BCUT2D eigenvalue weighted by Crippen LogP contribution is -2.23. The van der Waals surface area contributed by atoms with Gasteiger partial charge in [0.15, 0.2) is 0 Å². The first kappa shape index (κ1) is 11.2. The normalized spacial score (nSPS) is 17.0. The molecule has 3 nitrogen and oxygen atoms in total. The van der Waals surface area contributed by atoms with Crippen LogP contribution in [0.1, 0.15) is 10.9 Å². The molecule has 1 atom stereocenters. The SMILES string of the molecule is O=C1C=C(C(Cl)c2ccccc2Cl)C(=O)N1. The maximum absolute atomic E-state index is 11.4. The lowest BCUT2D eigenvalue weighted by Gasteiger charge is -2.10. The van der Waals surface area contributed by atoms with Crippen molar-refractivity contribution in [2.45, 2.75) is 5.38 Å². The Morgan fingerprint density at radius 3 is 2.44 bits per heavy atom. The molecule has 5 heteroatoms. The van der Waals surface area contributed by atoms with Crippen LogP contribution in [0.5, 0.6) is 0 Å². The van der Waals surface area contributed by atoms with Crippen molar-refractivity contribution in [2.75, 3.05) is 0 Å². The molecule has 0 saturated carbocycles. The van der Waals surface area contributed by atoms with Gasteiger partial charge >= 0.3 is 0 Å². The number of nitrogens with one attached hydrogen (secondary N) is 1. The van der Waals surface area contributed by atoms with Crippen LogP contribution in [0.15, 0.2) is 35.9 Å². The van der Waals surface area contributed by atoms with E-state index in [1.807, 2.05) is 0 Å². The second-order valence-electron chi connectivity index (χ2n) is 3.30. The number of rotatable bonds is 2. The molecule has 1 aromatic carbocycles. The first-order chi connectivity index (χ1) is 7.59. The van der Waals surface area contributed by atoms with Gasteiger partial charge in [0.2, 0.25) is 0 Å². The number of alkyl halides is 1. The van der Waals surface area contributed by atoms with E-state index in [1.54, 1.807) is 24.3 Å². The molecule has 2 amide bonds. The largest absolute Gasteiger partial charge is 0.289 e. The van der Waals surface area contributed by atoms with Gasteiger partial charge in [0, 0.05) is 16.7 Å². The zero-order valence-corrected chi connectivity index (χ0v) is 9.55. The van der Waals surface area contributed by atoms with Gasteiger partial charge in [0.25, 0.3) is 11.8 Å². The van der Waals surface area contributed by atoms with E-state index in [0.717, 1.165) is 0 Å². The summed E-state index contributed by atoms with van der Waals surface area (Å²) in [5.74, 6) is -0.914. The summed E-state index contributed by atoms with van der Waals surface area (Å²) in [5, 5.41) is 1.90. The van der Waals surface area contributed by atoms with Crippen molar-refractivity contribution >= 4 is 35.0 Å². The maximum Gasteiger partial charge on any atom is 0.256 e. The van der Waals surface area contributed by atoms with Crippen LogP contribution in [0.2, 0.25) is 5.02 Å². The van der Waals surface area contributed by atoms with E-state index in [0.29, 0.717) is 10.6 Å². The van der Waals surface area contributed by atoms with Crippen LogP contribution >= 0.6 is 23.2 Å². The average molecular weight is 256 g/mol. The quantitative estimate of drug-likeness (QED) is 0.651. The van der Waals surface area contributed by atoms with Crippen LogP contribution in [0.4, 0.5) is 0 Å². The predicted octanol–water partition coefficient (Wildman–Crippen LogP) is 2.20. The van der Waals surface area contributed by atoms with Gasteiger partial charge in [0.1, 0.15) is 0 Å². The van der Waals surface area contributed by atoms with E-state index < -0.39 is 17.2 Å². The Kier molecular flexibility index (Phi) is 2.99. The molecule has 0 bridgehead atoms. The standard InChI is InChI=1S/C11H7Cl2NO2/c12-8-4-2-1-3-6(8)10(13)7-5-9(15)14-11(7)16/h1-5,10H,(H,14,15,16). The van der Waals surface area contributed by atoms with Crippen LogP contribution in [-0.2, 0) is 9.59 Å². The molecular formula is C11H7Cl2NO2. The zero-order valence-electron chi connectivity index (χ0n) is 8.04. The molecule has 1 heterocycles. The van der Waals surface area contributed by atoms with Crippen molar-refractivity contribution in [1.82, 2.24) is 5.32 Å². The summed E-state index contributed by atoms with van der Waals surface area (Å²) in [6.07, 6.45) is 1.20. The number of hydrogen-bond acceptors (Lipinski definition) is 2. The minimum absolute atomic E-state index is 0.222. The molecular weight excluding hydrogens is 249 g/mol. The summed E-state index contributed by atoms with van der Waals surface area (Å²) in [6, 6.07) is 6.94. The van der Waals surface area contributed by atoms with Crippen LogP contribution in [-0.4, -0.2) is 11.8 Å². The molecule has 0 radical (unpaired) electrons. The molecule has 0 spiro atoms. The number of benzene rings is 1. The van der Waals surface area contributed by atoms with Crippen LogP contribution < -0.4 is 5.32 Å². The minimum atomic E-state index is -0.708. The van der Waals surface area contributed by atoms with Gasteiger partial charge in [-0.3, -0.25) is 14.9 Å². The highest BCUT2D eigenvalue weighted by molar-refractivity contribution is 6.34. The number of amides is 2. The lowest BCUT2D eigenvalue weighted by atomic mass is 10.0. The van der Waals surface area contributed by atoms with E-state index in [-0.39, 0.29) is 5.57 Å². The van der Waals surface area contributed by atoms with Crippen LogP contribution in [0.25, 0.3) is 0 Å². The summed E-state index contributed by atoms with van der Waals surface area (Å²) in [4.78, 5) is 22.4. The summed E-state index contributed by atoms with van der Waals surface area (Å²) < 4.78 is 0. The molecule has 1 unspecified atom stereocenters. The Morgan fingerprint density at radius 1 is 1.19 bits per heavy atom. The third-order valence-electron chi connectivity index (χ3n) is 2.24. The second-order valence-corrected chi connectivity index (χ2v) is 4.15. The highest BCUT2D eigenvalue weighted by Gasteiger charge is 2.28. The van der Waals surface area contributed by atoms with E-state index in [1.165, 1.54) is 6.08 Å². The Hall–Kier alpha value is -1.32. The number of carbonyl (C=O) groups excluding carboxylic acids is 2. The monoisotopic (exact) mass is 255 g/mol. The third kappa shape index (κ3) is 1.96. The predicted molar refractivity (Wildman–Crippen MR) is 61.3 cm³/mol. The topological polar surface area (TPSA) is 46.2 Å². The first-order valence-corrected chi connectivity index (χ1v) is 5.36. The van der Waals surface area contributed by atoms with Crippen molar-refractivity contribution in [3.8, 4) is 0 Å². The van der Waals surface area contributed by atoms with E-state index >= 15 is 0 Å². The molecule has 1 N–H and O–H groups in total. The molecule has 82 valence electrons. The molecule has 0 aliphatic carbocycles. The highest BCUT2D eigenvalue weighted by Crippen LogP contribution is 2.34. The van der Waals surface area contributed by atoms with Crippen molar-refractivity contribution in [3.63, 3.8) is 0 Å². The van der Waals surface area contributed by atoms with Crippen molar-refractivity contribution in [1.29, 1.82) is 0 Å². The smallest absolute Gasteiger partial charge is 0.256 e. The molecule has 0 aromatic heterocycles. The molecule has 0 saturated heterocycles. The number of imide groups is 1. The lowest BCUT2D eigenvalue weighted by molar-refractivity contribution is -0.123. The number of hydrogen-bond donors (Lipinski definition) is 1. The molecule has 1 aliphatic rings. The van der Waals surface area contributed by atoms with Gasteiger partial charge in [-0.05, 0) is 11.6 Å². The van der Waals surface area contributed by atoms with E-state index in [4.69, 9.17) is 23.2 Å². The Morgan fingerprint density at radius 2 is 1.88 bits per heavy atom. The Bertz CT molecular complexity index is 497.